The molecule has 0 aliphatic carbocycles. The highest BCUT2D eigenvalue weighted by Crippen LogP contribution is 2.23. The molecular formula is C15H26ClNO. The molecule has 104 valence electrons. The Balaban J connectivity index is 0. The summed E-state index contributed by atoms with van der Waals surface area (Å²) in [7, 11) is 1.56. The van der Waals surface area contributed by atoms with Crippen molar-refractivity contribution >= 4 is 18.0 Å². The topological polar surface area (TPSA) is 29.1 Å². The normalized spacial score (nSPS) is 8.61. The fraction of sp³-hybridized carbons (Fsp3) is 0.533. The van der Waals surface area contributed by atoms with E-state index in [-0.39, 0.29) is 0 Å². The number of rotatable bonds is 4. The molecule has 0 saturated carbocycles. The summed E-state index contributed by atoms with van der Waals surface area (Å²) in [4.78, 5) is 9.06. The largest absolute Gasteiger partial charge is 0.362 e. The smallest absolute Gasteiger partial charge is 0.206 e. The minimum absolute atomic E-state index is 0.625. The Labute approximate surface area is 117 Å². The quantitative estimate of drug-likeness (QED) is 0.795. The molecule has 0 saturated heterocycles. The maximum atomic E-state index is 9.06. The van der Waals surface area contributed by atoms with Crippen LogP contribution in [0.15, 0.2) is 24.3 Å². The summed E-state index contributed by atoms with van der Waals surface area (Å²) in [6.45, 7) is 8.45. The summed E-state index contributed by atoms with van der Waals surface area (Å²) >= 11 is 5.80. The van der Waals surface area contributed by atoms with Gasteiger partial charge in [-0.25, -0.2) is 0 Å². The molecule has 3 heteroatoms. The zero-order valence-corrected chi connectivity index (χ0v) is 12.9. The van der Waals surface area contributed by atoms with E-state index in [0.29, 0.717) is 12.3 Å². The zero-order chi connectivity index (χ0) is 14.4. The molecule has 1 aromatic carbocycles. The molecule has 0 aromatic heterocycles. The van der Waals surface area contributed by atoms with Crippen molar-refractivity contribution in [2.75, 3.05) is 7.05 Å². The van der Waals surface area contributed by atoms with Crippen LogP contribution in [0.5, 0.6) is 0 Å². The van der Waals surface area contributed by atoms with Crippen molar-refractivity contribution in [3.63, 3.8) is 0 Å². The number of nitrogens with one attached hydrogen (secondary N) is 1. The summed E-state index contributed by atoms with van der Waals surface area (Å²) in [5, 5.41) is 3.07. The molecule has 0 bridgehead atoms. The van der Waals surface area contributed by atoms with Gasteiger partial charge in [-0.2, -0.15) is 0 Å². The molecule has 1 amide bonds. The van der Waals surface area contributed by atoms with E-state index in [1.165, 1.54) is 18.4 Å². The maximum absolute atomic E-state index is 9.06. The summed E-state index contributed by atoms with van der Waals surface area (Å²) in [5.74, 6) is 0.697. The average molecular weight is 272 g/mol. The third-order valence-corrected chi connectivity index (χ3v) is 2.70. The first-order chi connectivity index (χ1) is 8.69. The molecule has 1 aromatic rings. The third kappa shape index (κ3) is 9.06. The Bertz CT molecular complexity index is 281. The number of carbonyl (C=O) groups is 1. The van der Waals surface area contributed by atoms with Crippen LogP contribution in [0.25, 0.3) is 0 Å². The first-order valence-electron chi connectivity index (χ1n) is 6.55. The molecule has 1 rings (SSSR count). The Morgan fingerprint density at radius 3 is 1.83 bits per heavy atom. The highest BCUT2D eigenvalue weighted by molar-refractivity contribution is 6.30. The number of amides is 1. The van der Waals surface area contributed by atoms with Crippen LogP contribution >= 0.6 is 11.6 Å². The van der Waals surface area contributed by atoms with Crippen LogP contribution in [0.2, 0.25) is 5.02 Å². The van der Waals surface area contributed by atoms with Gasteiger partial charge in [0.05, 0.1) is 0 Å². The van der Waals surface area contributed by atoms with Crippen LogP contribution in [0.4, 0.5) is 0 Å². The van der Waals surface area contributed by atoms with Gasteiger partial charge in [-0.3, -0.25) is 4.79 Å². The van der Waals surface area contributed by atoms with Crippen molar-refractivity contribution in [3.8, 4) is 0 Å². The highest BCUT2D eigenvalue weighted by atomic mass is 35.5. The van der Waals surface area contributed by atoms with E-state index in [9.17, 15) is 0 Å². The lowest BCUT2D eigenvalue weighted by molar-refractivity contribution is -0.109. The molecule has 1 N–H and O–H groups in total. The fourth-order valence-electron chi connectivity index (χ4n) is 1.50. The van der Waals surface area contributed by atoms with Crippen molar-refractivity contribution in [2.45, 2.75) is 46.5 Å². The van der Waals surface area contributed by atoms with Crippen molar-refractivity contribution in [1.82, 2.24) is 5.32 Å². The van der Waals surface area contributed by atoms with Crippen molar-refractivity contribution in [1.29, 1.82) is 0 Å². The number of benzene rings is 1. The van der Waals surface area contributed by atoms with Gasteiger partial charge in [0.2, 0.25) is 6.41 Å². The lowest BCUT2D eigenvalue weighted by Gasteiger charge is -2.11. The van der Waals surface area contributed by atoms with Gasteiger partial charge in [0.1, 0.15) is 0 Å². The molecule has 2 nitrogen and oxygen atoms in total. The SMILES string of the molecule is CC.CCC(CC)c1ccc(Cl)cc1.CNC=O. The molecule has 0 aliphatic rings. The maximum Gasteiger partial charge on any atom is 0.206 e. The van der Waals surface area contributed by atoms with E-state index in [1.807, 2.05) is 26.0 Å². The van der Waals surface area contributed by atoms with E-state index >= 15 is 0 Å². The van der Waals surface area contributed by atoms with Gasteiger partial charge in [0, 0.05) is 12.1 Å². The standard InChI is InChI=1S/C11H15Cl.C2H5NO.C2H6/c1-3-9(4-2)10-5-7-11(12)8-6-10;1-3-2-4;1-2/h5-9H,3-4H2,1-2H3;2H,1H3,(H,3,4);1-2H3. The molecule has 0 aliphatic heterocycles. The van der Waals surface area contributed by atoms with E-state index in [4.69, 9.17) is 16.4 Å². The zero-order valence-electron chi connectivity index (χ0n) is 12.2. The van der Waals surface area contributed by atoms with Gasteiger partial charge in [-0.15, -0.1) is 0 Å². The molecule has 18 heavy (non-hydrogen) atoms. The highest BCUT2D eigenvalue weighted by Gasteiger charge is 2.05. The van der Waals surface area contributed by atoms with E-state index in [0.717, 1.165) is 5.02 Å². The van der Waals surface area contributed by atoms with Crippen LogP contribution in [0.3, 0.4) is 0 Å². The summed E-state index contributed by atoms with van der Waals surface area (Å²) in [6, 6.07) is 8.18. The molecule has 0 unspecified atom stereocenters. The average Bonchev–Trinajstić information content (AvgIpc) is 2.45. The van der Waals surface area contributed by atoms with Gasteiger partial charge in [-0.05, 0) is 36.5 Å². The molecule has 0 fully saturated rings. The Morgan fingerprint density at radius 2 is 1.56 bits per heavy atom. The van der Waals surface area contributed by atoms with Crippen LogP contribution in [-0.4, -0.2) is 13.5 Å². The Hall–Kier alpha value is -1.02. The number of halogens is 1. The van der Waals surface area contributed by atoms with Crippen LogP contribution in [0, 0.1) is 0 Å². The monoisotopic (exact) mass is 271 g/mol. The third-order valence-electron chi connectivity index (χ3n) is 2.44. The molecule has 0 radical (unpaired) electrons. The summed E-state index contributed by atoms with van der Waals surface area (Å²) in [6.07, 6.45) is 3.04. The summed E-state index contributed by atoms with van der Waals surface area (Å²) in [5.41, 5.74) is 1.41. The van der Waals surface area contributed by atoms with Crippen molar-refractivity contribution in [3.05, 3.63) is 34.9 Å². The van der Waals surface area contributed by atoms with Gasteiger partial charge in [-0.1, -0.05) is 51.4 Å². The van der Waals surface area contributed by atoms with E-state index in [1.54, 1.807) is 7.05 Å². The number of hydrogen-bond acceptors (Lipinski definition) is 1. The van der Waals surface area contributed by atoms with Crippen LogP contribution < -0.4 is 5.32 Å². The molecule has 0 heterocycles. The van der Waals surface area contributed by atoms with Crippen molar-refractivity contribution < 1.29 is 4.79 Å². The first-order valence-corrected chi connectivity index (χ1v) is 6.93. The number of hydrogen-bond donors (Lipinski definition) is 1. The second-order valence-electron chi connectivity index (χ2n) is 3.47. The van der Waals surface area contributed by atoms with E-state index in [2.05, 4.69) is 31.3 Å². The Kier molecular flexibility index (Phi) is 15.1. The number of carbonyl (C=O) groups excluding carboxylic acids is 1. The van der Waals surface area contributed by atoms with Gasteiger partial charge in [0.25, 0.3) is 0 Å². The first kappa shape index (κ1) is 19.3. The predicted molar refractivity (Wildman–Crippen MR) is 81.2 cm³/mol. The Morgan fingerprint density at radius 1 is 1.17 bits per heavy atom. The molecule has 0 spiro atoms. The van der Waals surface area contributed by atoms with Gasteiger partial charge < -0.3 is 5.32 Å². The summed E-state index contributed by atoms with van der Waals surface area (Å²) < 4.78 is 0. The second-order valence-corrected chi connectivity index (χ2v) is 3.91. The van der Waals surface area contributed by atoms with Gasteiger partial charge in [0.15, 0.2) is 0 Å². The lowest BCUT2D eigenvalue weighted by atomic mass is 9.94. The second kappa shape index (κ2) is 14.0. The van der Waals surface area contributed by atoms with Crippen LogP contribution in [0.1, 0.15) is 52.0 Å². The molecule has 0 atom stereocenters. The predicted octanol–water partition coefficient (Wildman–Crippen LogP) is 4.63. The minimum Gasteiger partial charge on any atom is -0.362 e. The lowest BCUT2D eigenvalue weighted by Crippen LogP contribution is -1.98. The van der Waals surface area contributed by atoms with Crippen LogP contribution in [-0.2, 0) is 4.79 Å². The fourth-order valence-corrected chi connectivity index (χ4v) is 1.62. The minimum atomic E-state index is 0.625. The van der Waals surface area contributed by atoms with E-state index < -0.39 is 0 Å². The van der Waals surface area contributed by atoms with Gasteiger partial charge >= 0.3 is 0 Å². The van der Waals surface area contributed by atoms with Crippen molar-refractivity contribution in [2.24, 2.45) is 0 Å². The molecular weight excluding hydrogens is 246 g/mol.